The third kappa shape index (κ3) is 1.84. The topological polar surface area (TPSA) is 9.23 Å². The van der Waals surface area contributed by atoms with E-state index in [1.807, 2.05) is 21.0 Å². The second kappa shape index (κ2) is 4.65. The van der Waals surface area contributed by atoms with Crippen molar-refractivity contribution in [2.24, 2.45) is 23.2 Å². The summed E-state index contributed by atoms with van der Waals surface area (Å²) in [6.07, 6.45) is 4.32. The summed E-state index contributed by atoms with van der Waals surface area (Å²) in [7, 11) is 1.83. The zero-order chi connectivity index (χ0) is 10.8. The Morgan fingerprint density at radius 2 is 1.86 bits per heavy atom. The predicted molar refractivity (Wildman–Crippen MR) is 61.3 cm³/mol. The Morgan fingerprint density at radius 1 is 1.21 bits per heavy atom. The van der Waals surface area contributed by atoms with E-state index in [9.17, 15) is 0 Å². The van der Waals surface area contributed by atoms with Gasteiger partial charge >= 0.3 is 0 Å². The third-order valence-electron chi connectivity index (χ3n) is 4.38. The first-order valence-electron chi connectivity index (χ1n) is 6.15. The van der Waals surface area contributed by atoms with Crippen molar-refractivity contribution in [3.63, 3.8) is 0 Å². The van der Waals surface area contributed by atoms with E-state index in [0.717, 1.165) is 24.4 Å². The molecule has 14 heavy (non-hydrogen) atoms. The maximum Gasteiger partial charge on any atom is 0.0493 e. The van der Waals surface area contributed by atoms with E-state index in [1.165, 1.54) is 19.3 Å². The fourth-order valence-corrected chi connectivity index (χ4v) is 3.38. The Bertz CT molecular complexity index is 170. The third-order valence-corrected chi connectivity index (χ3v) is 4.38. The number of hydrogen-bond acceptors (Lipinski definition) is 1. The molecule has 1 heteroatoms. The minimum Gasteiger partial charge on any atom is -0.384 e. The van der Waals surface area contributed by atoms with Crippen molar-refractivity contribution in [2.45, 2.75) is 47.0 Å². The molecule has 0 N–H and O–H groups in total. The summed E-state index contributed by atoms with van der Waals surface area (Å²) in [6, 6.07) is 0. The van der Waals surface area contributed by atoms with Crippen molar-refractivity contribution < 1.29 is 4.74 Å². The predicted octanol–water partition coefficient (Wildman–Crippen LogP) is 3.73. The van der Waals surface area contributed by atoms with E-state index in [0.29, 0.717) is 5.41 Å². The van der Waals surface area contributed by atoms with Crippen LogP contribution in [-0.2, 0) is 4.74 Å². The first-order valence-corrected chi connectivity index (χ1v) is 6.15. The highest BCUT2D eigenvalue weighted by atomic mass is 16.5. The summed E-state index contributed by atoms with van der Waals surface area (Å²) in [5.74, 6) is 2.84. The molecular weight excluding hydrogens is 172 g/mol. The molecule has 3 unspecified atom stereocenters. The first kappa shape index (κ1) is 12.0. The Labute approximate surface area is 89.2 Å². The zero-order valence-electron chi connectivity index (χ0n) is 10.5. The lowest BCUT2D eigenvalue weighted by molar-refractivity contribution is -0.120. The van der Waals surface area contributed by atoms with E-state index < -0.39 is 0 Å². The van der Waals surface area contributed by atoms with E-state index >= 15 is 0 Å². The van der Waals surface area contributed by atoms with Gasteiger partial charge < -0.3 is 4.74 Å². The minimum absolute atomic E-state index is 0.626. The fraction of sp³-hybridized carbons (Fsp3) is 1.00. The van der Waals surface area contributed by atoms with Gasteiger partial charge in [-0.05, 0) is 42.4 Å². The summed E-state index contributed by atoms with van der Waals surface area (Å²) in [5, 5.41) is 0. The molecule has 0 aliphatic heterocycles. The van der Waals surface area contributed by atoms with Gasteiger partial charge in [0.1, 0.15) is 0 Å². The standard InChI is InChI=1S/C11H20O.C2H6/c1-11(2)9-5-4-8(7-12-3)10(11)6-9;1-2/h8-10H,4-7H2,1-3H3;1-2H3. The van der Waals surface area contributed by atoms with Gasteiger partial charge in [0.15, 0.2) is 0 Å². The first-order chi connectivity index (χ1) is 6.66. The summed E-state index contributed by atoms with van der Waals surface area (Å²) in [5.41, 5.74) is 0.626. The number of ether oxygens (including phenoxy) is 1. The van der Waals surface area contributed by atoms with Crippen LogP contribution >= 0.6 is 0 Å². The Hall–Kier alpha value is -0.0400. The minimum atomic E-state index is 0.626. The second-order valence-electron chi connectivity index (χ2n) is 5.15. The van der Waals surface area contributed by atoms with Gasteiger partial charge in [-0.1, -0.05) is 27.7 Å². The summed E-state index contributed by atoms with van der Waals surface area (Å²) in [6.45, 7) is 9.86. The smallest absolute Gasteiger partial charge is 0.0493 e. The van der Waals surface area contributed by atoms with Crippen LogP contribution in [0.15, 0.2) is 0 Å². The quantitative estimate of drug-likeness (QED) is 0.657. The zero-order valence-corrected chi connectivity index (χ0v) is 10.5. The number of hydrogen-bond donors (Lipinski definition) is 0. The summed E-state index contributed by atoms with van der Waals surface area (Å²) in [4.78, 5) is 0. The molecule has 3 saturated carbocycles. The Kier molecular flexibility index (Phi) is 4.00. The van der Waals surface area contributed by atoms with Crippen LogP contribution in [0.2, 0.25) is 0 Å². The maximum atomic E-state index is 5.27. The molecule has 3 rings (SSSR count). The second-order valence-corrected chi connectivity index (χ2v) is 5.15. The van der Waals surface area contributed by atoms with Crippen LogP contribution in [0.3, 0.4) is 0 Å². The normalized spacial score (nSPS) is 37.9. The van der Waals surface area contributed by atoms with Crippen molar-refractivity contribution in [1.82, 2.24) is 0 Å². The molecule has 0 aromatic carbocycles. The van der Waals surface area contributed by atoms with Crippen LogP contribution in [0.4, 0.5) is 0 Å². The van der Waals surface area contributed by atoms with Gasteiger partial charge in [0.05, 0.1) is 0 Å². The molecule has 3 fully saturated rings. The maximum absolute atomic E-state index is 5.27. The van der Waals surface area contributed by atoms with Crippen molar-refractivity contribution in [1.29, 1.82) is 0 Å². The van der Waals surface area contributed by atoms with Gasteiger partial charge in [-0.15, -0.1) is 0 Å². The van der Waals surface area contributed by atoms with E-state index in [4.69, 9.17) is 4.74 Å². The van der Waals surface area contributed by atoms with Crippen LogP contribution in [0.1, 0.15) is 47.0 Å². The lowest BCUT2D eigenvalue weighted by Gasteiger charge is -2.60. The van der Waals surface area contributed by atoms with Gasteiger partial charge in [-0.3, -0.25) is 0 Å². The van der Waals surface area contributed by atoms with Crippen molar-refractivity contribution in [3.8, 4) is 0 Å². The average molecular weight is 198 g/mol. The largest absolute Gasteiger partial charge is 0.384 e. The molecule has 84 valence electrons. The van der Waals surface area contributed by atoms with Crippen LogP contribution in [0.25, 0.3) is 0 Å². The number of methoxy groups -OCH3 is 1. The van der Waals surface area contributed by atoms with Crippen molar-refractivity contribution in [3.05, 3.63) is 0 Å². The highest BCUT2D eigenvalue weighted by Crippen LogP contribution is 2.61. The van der Waals surface area contributed by atoms with Gasteiger partial charge in [0.25, 0.3) is 0 Å². The molecular formula is C13H26O. The molecule has 0 radical (unpaired) electrons. The van der Waals surface area contributed by atoms with Crippen molar-refractivity contribution >= 4 is 0 Å². The molecule has 3 aliphatic carbocycles. The number of rotatable bonds is 2. The lowest BCUT2D eigenvalue weighted by atomic mass is 9.46. The molecule has 0 spiro atoms. The molecule has 0 aromatic rings. The van der Waals surface area contributed by atoms with Crippen LogP contribution < -0.4 is 0 Å². The average Bonchev–Trinajstić information content (AvgIpc) is 2.21. The highest BCUT2D eigenvalue weighted by molar-refractivity contribution is 5.03. The molecule has 0 aromatic heterocycles. The molecule has 3 atom stereocenters. The van der Waals surface area contributed by atoms with E-state index in [-0.39, 0.29) is 0 Å². The van der Waals surface area contributed by atoms with E-state index in [2.05, 4.69) is 13.8 Å². The molecule has 0 saturated heterocycles. The summed E-state index contributed by atoms with van der Waals surface area (Å²) < 4.78 is 5.27. The SMILES string of the molecule is CC.COCC1CCC2CC1C2(C)C. The van der Waals surface area contributed by atoms with Crippen LogP contribution in [-0.4, -0.2) is 13.7 Å². The van der Waals surface area contributed by atoms with Crippen LogP contribution in [0, 0.1) is 23.2 Å². The monoisotopic (exact) mass is 198 g/mol. The Balaban J connectivity index is 0.000000461. The molecule has 0 heterocycles. The summed E-state index contributed by atoms with van der Waals surface area (Å²) >= 11 is 0. The van der Waals surface area contributed by atoms with E-state index in [1.54, 1.807) is 0 Å². The lowest BCUT2D eigenvalue weighted by Crippen LogP contribution is -2.53. The fourth-order valence-electron chi connectivity index (χ4n) is 3.38. The van der Waals surface area contributed by atoms with Gasteiger partial charge in [-0.25, -0.2) is 0 Å². The molecule has 1 nitrogen and oxygen atoms in total. The van der Waals surface area contributed by atoms with Gasteiger partial charge in [0, 0.05) is 13.7 Å². The van der Waals surface area contributed by atoms with Gasteiger partial charge in [0.2, 0.25) is 0 Å². The molecule has 0 amide bonds. The van der Waals surface area contributed by atoms with Gasteiger partial charge in [-0.2, -0.15) is 0 Å². The number of fused-ring (bicyclic) bond motifs is 2. The highest BCUT2D eigenvalue weighted by Gasteiger charge is 2.53. The van der Waals surface area contributed by atoms with Crippen molar-refractivity contribution in [2.75, 3.05) is 13.7 Å². The molecule has 3 aliphatic rings. The molecule has 2 bridgehead atoms. The Morgan fingerprint density at radius 3 is 2.29 bits per heavy atom. The van der Waals surface area contributed by atoms with Crippen LogP contribution in [0.5, 0.6) is 0 Å².